The molecule has 1 aliphatic rings. The maximum Gasteiger partial charge on any atom is 0.508 e. The Morgan fingerprint density at radius 2 is 1.95 bits per heavy atom. The highest BCUT2D eigenvalue weighted by Gasteiger charge is 2.58. The van der Waals surface area contributed by atoms with Crippen molar-refractivity contribution >= 4 is 35.6 Å². The number of anilines is 1. The predicted octanol–water partition coefficient (Wildman–Crippen LogP) is 1.87. The second-order valence-corrected chi connectivity index (χ2v) is 9.43. The van der Waals surface area contributed by atoms with Crippen LogP contribution < -0.4 is 5.73 Å². The second-order valence-electron chi connectivity index (χ2n) is 9.43. The fourth-order valence-electron chi connectivity index (χ4n) is 4.42. The number of fused-ring (bicyclic) bond motifs is 1. The Hall–Kier alpha value is -3.78. The molecule has 39 heavy (non-hydrogen) atoms. The first kappa shape index (κ1) is 29.8. The van der Waals surface area contributed by atoms with Crippen LogP contribution in [0.2, 0.25) is 0 Å². The molecule has 0 aliphatic carbocycles. The van der Waals surface area contributed by atoms with Crippen LogP contribution in [0.15, 0.2) is 23.5 Å². The Morgan fingerprint density at radius 1 is 1.23 bits per heavy atom. The van der Waals surface area contributed by atoms with Gasteiger partial charge >= 0.3 is 18.1 Å². The number of carboxylic acids is 1. The maximum absolute atomic E-state index is 12.7. The first-order valence-electron chi connectivity index (χ1n) is 12.7. The highest BCUT2D eigenvalue weighted by molar-refractivity contribution is 5.76. The third-order valence-corrected chi connectivity index (χ3v) is 6.15. The van der Waals surface area contributed by atoms with Crippen LogP contribution in [0.4, 0.5) is 10.6 Å². The Morgan fingerprint density at radius 3 is 2.62 bits per heavy atom. The molecular formula is C25H35N5O9. The Kier molecular flexibility index (Phi) is 10.2. The molecule has 3 rings (SSSR count). The lowest BCUT2D eigenvalue weighted by Gasteiger charge is -2.28. The van der Waals surface area contributed by atoms with Gasteiger partial charge in [0.25, 0.3) is 0 Å². The lowest BCUT2D eigenvalue weighted by molar-refractivity contribution is -0.157. The van der Waals surface area contributed by atoms with Crippen LogP contribution in [0, 0.1) is 0 Å². The largest absolute Gasteiger partial charge is 0.508 e. The number of aromatic nitrogens is 3. The van der Waals surface area contributed by atoms with Crippen LogP contribution in [0.5, 0.6) is 0 Å². The van der Waals surface area contributed by atoms with Crippen molar-refractivity contribution in [2.75, 3.05) is 19.4 Å². The van der Waals surface area contributed by atoms with Gasteiger partial charge in [-0.3, -0.25) is 14.6 Å². The number of hydrogen-bond donors (Lipinski definition) is 3. The van der Waals surface area contributed by atoms with Gasteiger partial charge in [0.15, 0.2) is 17.5 Å². The van der Waals surface area contributed by atoms with Gasteiger partial charge in [0.1, 0.15) is 30.7 Å². The van der Waals surface area contributed by atoms with Crippen molar-refractivity contribution < 1.29 is 43.5 Å². The fraction of sp³-hybridized carbons (Fsp3) is 0.600. The van der Waals surface area contributed by atoms with Crippen molar-refractivity contribution in [1.82, 2.24) is 14.6 Å². The van der Waals surface area contributed by atoms with E-state index in [-0.39, 0.29) is 25.3 Å². The first-order valence-corrected chi connectivity index (χ1v) is 12.7. The molecule has 14 heteroatoms. The van der Waals surface area contributed by atoms with Crippen LogP contribution in [0.25, 0.3) is 5.52 Å². The van der Waals surface area contributed by atoms with Crippen LogP contribution in [-0.2, 0) is 34.1 Å². The molecular weight excluding hydrogens is 514 g/mol. The summed E-state index contributed by atoms with van der Waals surface area (Å²) >= 11 is 0. The van der Waals surface area contributed by atoms with Gasteiger partial charge in [-0.25, -0.2) is 14.3 Å². The number of nitrogens with zero attached hydrogens (tertiary/aromatic N) is 4. The van der Waals surface area contributed by atoms with Crippen molar-refractivity contribution in [2.45, 2.75) is 82.4 Å². The topological polar surface area (TPSA) is 197 Å². The van der Waals surface area contributed by atoms with Crippen LogP contribution >= 0.6 is 0 Å². The third-order valence-electron chi connectivity index (χ3n) is 6.15. The van der Waals surface area contributed by atoms with E-state index in [1.165, 1.54) is 24.1 Å². The smallest absolute Gasteiger partial charge is 0.481 e. The molecule has 1 aliphatic heterocycles. The van der Waals surface area contributed by atoms with E-state index in [1.807, 2.05) is 0 Å². The Bertz CT molecular complexity index is 1180. The molecule has 1 fully saturated rings. The monoisotopic (exact) mass is 549 g/mol. The summed E-state index contributed by atoms with van der Waals surface area (Å²) in [6.07, 6.45) is -0.108. The molecule has 0 aromatic carbocycles. The number of aliphatic carboxylic acids is 1. The first-order chi connectivity index (χ1) is 18.6. The molecule has 14 nitrogen and oxygen atoms in total. The highest BCUT2D eigenvalue weighted by Crippen LogP contribution is 2.41. The molecule has 0 unspecified atom stereocenters. The average Bonchev–Trinajstić information content (AvgIpc) is 3.41. The zero-order valence-corrected chi connectivity index (χ0v) is 22.2. The number of aliphatic hydroxyl groups excluding tert-OH is 1. The van der Waals surface area contributed by atoms with Crippen molar-refractivity contribution in [2.24, 2.45) is 4.99 Å². The summed E-state index contributed by atoms with van der Waals surface area (Å²) in [6, 6.07) is 3.29. The number of ether oxygens (including phenoxy) is 4. The van der Waals surface area contributed by atoms with Gasteiger partial charge in [0, 0.05) is 26.1 Å². The molecule has 214 valence electrons. The molecule has 3 heterocycles. The number of nitrogen functional groups attached to an aromatic ring is 1. The zero-order valence-electron chi connectivity index (χ0n) is 22.2. The SMILES string of the molecule is CN=C[C@@]1(c2ccc3c(N)ncnn23)O[C@H](COC(=O)OC(C)C)[C@@H](OC(=O)CCCCCCC(=O)O)[C@H]1O. The van der Waals surface area contributed by atoms with E-state index in [2.05, 4.69) is 15.1 Å². The average molecular weight is 550 g/mol. The van der Waals surface area contributed by atoms with Gasteiger partial charge in [-0.1, -0.05) is 12.8 Å². The summed E-state index contributed by atoms with van der Waals surface area (Å²) in [5.74, 6) is -1.25. The predicted molar refractivity (Wildman–Crippen MR) is 137 cm³/mol. The maximum atomic E-state index is 12.7. The molecule has 2 aromatic rings. The summed E-state index contributed by atoms with van der Waals surface area (Å²) in [4.78, 5) is 43.5. The number of nitrogens with two attached hydrogens (primary N) is 1. The van der Waals surface area contributed by atoms with E-state index >= 15 is 0 Å². The highest BCUT2D eigenvalue weighted by atomic mass is 16.7. The number of aliphatic hydroxyl groups is 1. The summed E-state index contributed by atoms with van der Waals surface area (Å²) in [5.41, 5.74) is 5.14. The summed E-state index contributed by atoms with van der Waals surface area (Å²) in [5, 5.41) is 24.5. The van der Waals surface area contributed by atoms with Gasteiger partial charge in [-0.2, -0.15) is 5.10 Å². The quantitative estimate of drug-likeness (QED) is 0.186. The second kappa shape index (κ2) is 13.3. The minimum atomic E-state index is -1.64. The van der Waals surface area contributed by atoms with Crippen LogP contribution in [0.1, 0.15) is 58.1 Å². The molecule has 0 amide bonds. The van der Waals surface area contributed by atoms with E-state index < -0.39 is 48.1 Å². The number of unbranched alkanes of at least 4 members (excludes halogenated alkanes) is 3. The van der Waals surface area contributed by atoms with Crippen molar-refractivity contribution in [3.8, 4) is 0 Å². The number of carboxylic acid groups (broad SMARTS) is 1. The molecule has 0 radical (unpaired) electrons. The van der Waals surface area contributed by atoms with Crippen molar-refractivity contribution in [1.29, 1.82) is 0 Å². The number of rotatable bonds is 13. The molecule has 4 N–H and O–H groups in total. The normalized spacial score (nSPS) is 22.9. The van der Waals surface area contributed by atoms with E-state index in [1.54, 1.807) is 26.0 Å². The number of aliphatic imine (C=N–C) groups is 1. The number of carbonyl (C=O) groups is 3. The van der Waals surface area contributed by atoms with E-state index in [0.29, 0.717) is 36.9 Å². The standard InChI is InChI=1S/C25H35N5O9/c1-15(2)37-24(35)36-12-17-21(38-20(33)9-7-5-4-6-8-19(31)32)22(34)25(39-17,13-27-3)18-11-10-16-23(26)28-14-29-30(16)18/h10-11,13-15,17,21-22,34H,4-9,12H2,1-3H3,(H,31,32)(H2,26,28,29)/t17-,21-,22-,25+/m1/s1. The Labute approximate surface area is 225 Å². The molecule has 4 atom stereocenters. The summed E-state index contributed by atoms with van der Waals surface area (Å²) in [7, 11) is 1.49. The van der Waals surface area contributed by atoms with Gasteiger partial charge in [-0.15, -0.1) is 0 Å². The van der Waals surface area contributed by atoms with E-state index in [9.17, 15) is 19.5 Å². The molecule has 2 aromatic heterocycles. The van der Waals surface area contributed by atoms with E-state index in [4.69, 9.17) is 29.8 Å². The van der Waals surface area contributed by atoms with Gasteiger partial charge in [0.2, 0.25) is 0 Å². The number of esters is 1. The zero-order chi connectivity index (χ0) is 28.6. The minimum Gasteiger partial charge on any atom is -0.481 e. The summed E-state index contributed by atoms with van der Waals surface area (Å²) < 4.78 is 23.6. The number of hydrogen-bond acceptors (Lipinski definition) is 12. The summed E-state index contributed by atoms with van der Waals surface area (Å²) in [6.45, 7) is 2.95. The Balaban J connectivity index is 1.82. The van der Waals surface area contributed by atoms with Gasteiger partial charge < -0.3 is 34.9 Å². The molecule has 0 bridgehead atoms. The van der Waals surface area contributed by atoms with Gasteiger partial charge in [-0.05, 0) is 38.8 Å². The number of carbonyl (C=O) groups excluding carboxylic acids is 2. The molecule has 1 saturated heterocycles. The van der Waals surface area contributed by atoms with Crippen molar-refractivity contribution in [3.05, 3.63) is 24.2 Å². The van der Waals surface area contributed by atoms with Gasteiger partial charge in [0.05, 0.1) is 11.8 Å². The van der Waals surface area contributed by atoms with Crippen LogP contribution in [-0.4, -0.2) is 87.2 Å². The fourth-order valence-corrected chi connectivity index (χ4v) is 4.42. The van der Waals surface area contributed by atoms with E-state index in [0.717, 1.165) is 0 Å². The molecule has 0 saturated carbocycles. The lowest BCUT2D eigenvalue weighted by atomic mass is 9.92. The lowest BCUT2D eigenvalue weighted by Crippen LogP contribution is -2.45. The van der Waals surface area contributed by atoms with Crippen molar-refractivity contribution in [3.63, 3.8) is 0 Å². The molecule has 0 spiro atoms. The minimum absolute atomic E-state index is 0.0476. The third kappa shape index (κ3) is 7.20. The van der Waals surface area contributed by atoms with Crippen LogP contribution in [0.3, 0.4) is 0 Å².